The number of nitrogens with zero attached hydrogens (tertiary/aromatic N) is 2. The third-order valence-corrected chi connectivity index (χ3v) is 11.5. The summed E-state index contributed by atoms with van der Waals surface area (Å²) in [5.41, 5.74) is 12.0. The van der Waals surface area contributed by atoms with Crippen LogP contribution >= 0.6 is 25.3 Å². The highest BCUT2D eigenvalue weighted by Crippen LogP contribution is 2.26. The first kappa shape index (κ1) is 51.4. The van der Waals surface area contributed by atoms with E-state index in [4.69, 9.17) is 11.5 Å². The van der Waals surface area contributed by atoms with E-state index < -0.39 is 114 Å². The monoisotopic (exact) mass is 907 g/mol. The van der Waals surface area contributed by atoms with Gasteiger partial charge in [0.15, 0.2) is 0 Å². The molecule has 1 aromatic carbocycles. The van der Waals surface area contributed by atoms with E-state index in [-0.39, 0.29) is 43.9 Å². The van der Waals surface area contributed by atoms with E-state index in [9.17, 15) is 53.4 Å². The number of nitrogens with two attached hydrogens (primary N) is 2. The number of benzene rings is 1. The van der Waals surface area contributed by atoms with Gasteiger partial charge in [0.2, 0.25) is 47.3 Å². The van der Waals surface area contributed by atoms with Crippen LogP contribution in [-0.4, -0.2) is 152 Å². The zero-order valence-corrected chi connectivity index (χ0v) is 36.8. The zero-order valence-electron chi connectivity index (χ0n) is 35.0. The number of nitrogens with one attached hydrogen (secondary N) is 5. The van der Waals surface area contributed by atoms with Crippen molar-refractivity contribution in [2.75, 3.05) is 24.6 Å². The fraction of sp³-hybridized carbons (Fsp3) is 0.625. The van der Waals surface area contributed by atoms with Gasteiger partial charge in [-0.3, -0.25) is 38.4 Å². The van der Waals surface area contributed by atoms with Crippen molar-refractivity contribution in [2.24, 2.45) is 11.5 Å². The molecule has 3 rings (SSSR count). The molecule has 0 saturated carbocycles. The highest BCUT2D eigenvalue weighted by molar-refractivity contribution is 7.80. The van der Waals surface area contributed by atoms with Gasteiger partial charge in [-0.2, -0.15) is 25.3 Å². The second kappa shape index (κ2) is 25.2. The average molecular weight is 908 g/mol. The molecule has 0 radical (unpaired) electrons. The van der Waals surface area contributed by atoms with Crippen LogP contribution in [0, 0.1) is 0 Å². The lowest BCUT2D eigenvalue weighted by atomic mass is 10.0. The Morgan fingerprint density at radius 3 is 1.90 bits per heavy atom. The molecule has 2 aliphatic heterocycles. The van der Waals surface area contributed by atoms with Crippen LogP contribution in [0.25, 0.3) is 0 Å². The number of unbranched alkanes of at least 4 members (excludes halogenated alkanes) is 1. The molecule has 2 heterocycles. The van der Waals surface area contributed by atoms with Gasteiger partial charge >= 0.3 is 5.97 Å². The van der Waals surface area contributed by atoms with Gasteiger partial charge in [-0.05, 0) is 51.0 Å². The van der Waals surface area contributed by atoms with Crippen LogP contribution in [0.5, 0.6) is 0 Å². The van der Waals surface area contributed by atoms with Gasteiger partial charge in [0, 0.05) is 37.4 Å². The van der Waals surface area contributed by atoms with E-state index in [1.165, 1.54) is 16.7 Å². The van der Waals surface area contributed by atoms with Crippen LogP contribution in [0.15, 0.2) is 30.3 Å². The summed E-state index contributed by atoms with van der Waals surface area (Å²) in [7, 11) is 0. The number of aliphatic hydroxyl groups excluding tert-OH is 1. The minimum absolute atomic E-state index is 0.0434. The Morgan fingerprint density at radius 2 is 1.32 bits per heavy atom. The topological polar surface area (TPSA) is 313 Å². The summed E-state index contributed by atoms with van der Waals surface area (Å²) < 4.78 is 0. The molecule has 2 saturated heterocycles. The maximum atomic E-state index is 14.1. The van der Waals surface area contributed by atoms with Crippen molar-refractivity contribution < 1.29 is 53.4 Å². The normalized spacial score (nSPS) is 19.5. The summed E-state index contributed by atoms with van der Waals surface area (Å²) in [4.78, 5) is 121. The molecule has 0 aliphatic carbocycles. The van der Waals surface area contributed by atoms with Crippen molar-refractivity contribution in [3.8, 4) is 0 Å². The number of rotatable bonds is 24. The number of hydrogen-bond acceptors (Lipinski definition) is 13. The number of carbonyl (C=O) groups excluding carboxylic acids is 8. The lowest BCUT2D eigenvalue weighted by Gasteiger charge is -2.33. The first-order valence-electron chi connectivity index (χ1n) is 20.8. The summed E-state index contributed by atoms with van der Waals surface area (Å²) >= 11 is 8.24. The summed E-state index contributed by atoms with van der Waals surface area (Å²) in [6, 6.07) is -1.37. The second-order valence-electron chi connectivity index (χ2n) is 15.5. The molecule has 62 heavy (non-hydrogen) atoms. The van der Waals surface area contributed by atoms with Crippen LogP contribution in [0.4, 0.5) is 0 Å². The Balaban J connectivity index is 1.76. The Labute approximate surface area is 371 Å². The smallest absolute Gasteiger partial charge is 0.327 e. The molecule has 0 aromatic heterocycles. The fourth-order valence-electron chi connectivity index (χ4n) is 7.26. The van der Waals surface area contributed by atoms with Crippen LogP contribution < -0.4 is 38.1 Å². The first-order chi connectivity index (χ1) is 29.4. The van der Waals surface area contributed by atoms with E-state index in [1.54, 1.807) is 30.3 Å². The molecular formula is C40H61N9O11S2. The van der Waals surface area contributed by atoms with Gasteiger partial charge in [0.25, 0.3) is 0 Å². The third kappa shape index (κ3) is 14.9. The Morgan fingerprint density at radius 1 is 0.758 bits per heavy atom. The van der Waals surface area contributed by atoms with Crippen molar-refractivity contribution in [3.05, 3.63) is 35.9 Å². The van der Waals surface area contributed by atoms with Gasteiger partial charge < -0.3 is 58.1 Å². The van der Waals surface area contributed by atoms with Gasteiger partial charge in [0.05, 0.1) is 12.1 Å². The number of thiol groups is 2. The highest BCUT2D eigenvalue weighted by atomic mass is 32.1. The molecular weight excluding hydrogens is 847 g/mol. The largest absolute Gasteiger partial charge is 0.480 e. The number of carboxylic acid groups (broad SMARTS) is 1. The molecule has 1 aromatic rings. The van der Waals surface area contributed by atoms with Crippen molar-refractivity contribution in [2.45, 2.75) is 132 Å². The molecule has 2 fully saturated rings. The number of carboxylic acids is 1. The predicted octanol–water partition coefficient (Wildman–Crippen LogP) is -2.26. The van der Waals surface area contributed by atoms with Gasteiger partial charge in [-0.15, -0.1) is 0 Å². The first-order valence-corrected chi connectivity index (χ1v) is 22.0. The standard InChI is InChI=1S/C40H61N9O11S2/c1-3-4-12-24(41)33(52)45-27(20-61)38(57)49-18-9-14-30(49)39(58)48-17-8-13-29(48)36(55)47-32(22(2)50)37(56)43-25(15-16-31(42)51)34(53)44-26(19-23-10-6-5-7-11-23)35(54)46-28(21-62)40(59)60/h5-7,10-11,22,24-30,32,50,61-62H,3-4,8-9,12-21,41H2,1-2H3,(H2,42,51)(H,43,56)(H,44,53)(H,45,52)(H,46,54)(H,47,55)(H,59,60)/t22-,24+,25+,26+,27+,28+,29+,30+,32+/m1/s1. The van der Waals surface area contributed by atoms with Crippen LogP contribution in [0.3, 0.4) is 0 Å². The summed E-state index contributed by atoms with van der Waals surface area (Å²) in [5.74, 6) is -7.64. The molecule has 0 unspecified atom stereocenters. The SMILES string of the molecule is CCCC[C@H](N)C(=O)N[C@@H](CS)C(=O)N1CCC[C@H]1C(=O)N1CCC[C@H]1C(=O)N[C@H](C(=O)N[C@@H](CCC(N)=O)C(=O)N[C@@H](Cc1ccccc1)C(=O)N[C@@H](CS)C(=O)O)[C@@H](C)O. The van der Waals surface area contributed by atoms with E-state index in [0.29, 0.717) is 31.2 Å². The number of aliphatic hydroxyl groups is 1. The maximum Gasteiger partial charge on any atom is 0.327 e. The Bertz CT molecular complexity index is 1760. The summed E-state index contributed by atoms with van der Waals surface area (Å²) in [5, 5.41) is 32.6. The number of primary amides is 1. The molecule has 20 nitrogen and oxygen atoms in total. The lowest BCUT2D eigenvalue weighted by molar-refractivity contribution is -0.148. The molecule has 8 amide bonds. The van der Waals surface area contributed by atoms with Crippen molar-refractivity contribution >= 4 is 78.5 Å². The number of aliphatic carboxylic acids is 1. The van der Waals surface area contributed by atoms with Crippen molar-refractivity contribution in [1.29, 1.82) is 0 Å². The lowest BCUT2D eigenvalue weighted by Crippen LogP contribution is -2.61. The fourth-order valence-corrected chi connectivity index (χ4v) is 7.76. The van der Waals surface area contributed by atoms with E-state index in [0.717, 1.165) is 12.8 Å². The van der Waals surface area contributed by atoms with E-state index >= 15 is 0 Å². The second-order valence-corrected chi connectivity index (χ2v) is 16.2. The molecule has 2 aliphatic rings. The van der Waals surface area contributed by atoms with Crippen molar-refractivity contribution in [1.82, 2.24) is 36.4 Å². The van der Waals surface area contributed by atoms with Gasteiger partial charge in [-0.1, -0.05) is 50.1 Å². The molecule has 344 valence electrons. The molecule has 22 heteroatoms. The third-order valence-electron chi connectivity index (χ3n) is 10.7. The van der Waals surface area contributed by atoms with Crippen LogP contribution in [0.2, 0.25) is 0 Å². The molecule has 9 atom stereocenters. The van der Waals surface area contributed by atoms with Crippen molar-refractivity contribution in [3.63, 3.8) is 0 Å². The zero-order chi connectivity index (χ0) is 46.1. The Hall–Kier alpha value is -4.93. The van der Waals surface area contributed by atoms with Crippen LogP contribution in [-0.2, 0) is 49.6 Å². The van der Waals surface area contributed by atoms with E-state index in [1.807, 2.05) is 6.92 Å². The van der Waals surface area contributed by atoms with E-state index in [2.05, 4.69) is 51.8 Å². The number of carbonyl (C=O) groups is 9. The quantitative estimate of drug-likeness (QED) is 0.0491. The molecule has 11 N–H and O–H groups in total. The maximum absolute atomic E-state index is 14.1. The minimum atomic E-state index is -1.67. The Kier molecular flexibility index (Phi) is 20.9. The predicted molar refractivity (Wildman–Crippen MR) is 232 cm³/mol. The summed E-state index contributed by atoms with van der Waals surface area (Å²) in [6.45, 7) is 3.57. The minimum Gasteiger partial charge on any atom is -0.480 e. The number of amides is 8. The number of hydrogen-bond donors (Lipinski definition) is 11. The van der Waals surface area contributed by atoms with Gasteiger partial charge in [0.1, 0.15) is 42.3 Å². The average Bonchev–Trinajstić information content (AvgIpc) is 3.95. The van der Waals surface area contributed by atoms with Gasteiger partial charge in [-0.25, -0.2) is 4.79 Å². The summed E-state index contributed by atoms with van der Waals surface area (Å²) in [6.07, 6.45) is 1.02. The molecule has 0 spiro atoms. The molecule has 0 bridgehead atoms. The van der Waals surface area contributed by atoms with Crippen LogP contribution in [0.1, 0.15) is 77.2 Å². The number of likely N-dealkylation sites (tertiary alicyclic amines) is 2. The highest BCUT2D eigenvalue weighted by Gasteiger charge is 2.44.